The maximum atomic E-state index is 10.3. The van der Waals surface area contributed by atoms with E-state index in [1.807, 2.05) is 0 Å². The highest BCUT2D eigenvalue weighted by molar-refractivity contribution is 5.69. The van der Waals surface area contributed by atoms with E-state index in [0.29, 0.717) is 6.42 Å². The molecule has 1 saturated heterocycles. The van der Waals surface area contributed by atoms with Gasteiger partial charge >= 0.3 is 5.97 Å². The number of ether oxygens (including phenoxy) is 2. The quantitative estimate of drug-likeness (QED) is 0.664. The van der Waals surface area contributed by atoms with Crippen molar-refractivity contribution in [1.29, 1.82) is 0 Å². The Labute approximate surface area is 65.1 Å². The van der Waals surface area contributed by atoms with Crippen molar-refractivity contribution in [3.63, 3.8) is 0 Å². The minimum atomic E-state index is -0.809. The molecule has 1 N–H and O–H groups in total. The van der Waals surface area contributed by atoms with E-state index in [9.17, 15) is 4.79 Å². The van der Waals surface area contributed by atoms with Crippen LogP contribution in [0.4, 0.5) is 0 Å². The van der Waals surface area contributed by atoms with E-state index < -0.39 is 11.9 Å². The third-order valence-corrected chi connectivity index (χ3v) is 1.65. The Hall–Kier alpha value is -0.610. The SMILES string of the molecule is CC1OC(CC(C)C(=O)O)O1. The number of hydrogen-bond acceptors (Lipinski definition) is 3. The summed E-state index contributed by atoms with van der Waals surface area (Å²) in [4.78, 5) is 10.3. The van der Waals surface area contributed by atoms with Gasteiger partial charge in [0.1, 0.15) is 0 Å². The summed E-state index contributed by atoms with van der Waals surface area (Å²) in [6, 6.07) is 0. The lowest BCUT2D eigenvalue weighted by Crippen LogP contribution is -2.40. The first-order valence-corrected chi connectivity index (χ1v) is 3.63. The monoisotopic (exact) mass is 160 g/mol. The number of hydrogen-bond donors (Lipinski definition) is 1. The highest BCUT2D eigenvalue weighted by atomic mass is 16.9. The van der Waals surface area contributed by atoms with Crippen LogP contribution in [-0.2, 0) is 14.3 Å². The van der Waals surface area contributed by atoms with Gasteiger partial charge in [-0.3, -0.25) is 4.79 Å². The summed E-state index contributed by atoms with van der Waals surface area (Å²) < 4.78 is 10.1. The van der Waals surface area contributed by atoms with Gasteiger partial charge in [-0.15, -0.1) is 0 Å². The lowest BCUT2D eigenvalue weighted by atomic mass is 10.1. The molecule has 1 aliphatic rings. The molecule has 0 spiro atoms. The third kappa shape index (κ3) is 2.17. The van der Waals surface area contributed by atoms with Crippen LogP contribution in [0.2, 0.25) is 0 Å². The van der Waals surface area contributed by atoms with Gasteiger partial charge < -0.3 is 14.6 Å². The number of aliphatic carboxylic acids is 1. The van der Waals surface area contributed by atoms with Crippen molar-refractivity contribution in [3.05, 3.63) is 0 Å². The molecule has 0 saturated carbocycles. The molecule has 11 heavy (non-hydrogen) atoms. The Balaban J connectivity index is 2.16. The normalized spacial score (nSPS) is 32.5. The molecule has 0 amide bonds. The predicted octanol–water partition coefficient (Wildman–Crippen LogP) is 0.816. The van der Waals surface area contributed by atoms with E-state index in [2.05, 4.69) is 0 Å². The van der Waals surface area contributed by atoms with Gasteiger partial charge in [-0.25, -0.2) is 0 Å². The summed E-state index contributed by atoms with van der Waals surface area (Å²) in [5, 5.41) is 8.51. The minimum Gasteiger partial charge on any atom is -0.481 e. The molecule has 1 heterocycles. The second kappa shape index (κ2) is 3.19. The summed E-state index contributed by atoms with van der Waals surface area (Å²) in [7, 11) is 0. The van der Waals surface area contributed by atoms with Crippen LogP contribution < -0.4 is 0 Å². The van der Waals surface area contributed by atoms with Gasteiger partial charge in [0.15, 0.2) is 12.6 Å². The molecule has 0 bridgehead atoms. The maximum absolute atomic E-state index is 10.3. The molecule has 1 rings (SSSR count). The van der Waals surface area contributed by atoms with Crippen molar-refractivity contribution in [3.8, 4) is 0 Å². The smallest absolute Gasteiger partial charge is 0.306 e. The van der Waals surface area contributed by atoms with E-state index in [0.717, 1.165) is 0 Å². The van der Waals surface area contributed by atoms with E-state index >= 15 is 0 Å². The topological polar surface area (TPSA) is 55.8 Å². The zero-order valence-electron chi connectivity index (χ0n) is 6.61. The van der Waals surface area contributed by atoms with Gasteiger partial charge in [0.25, 0.3) is 0 Å². The van der Waals surface area contributed by atoms with Crippen LogP contribution in [0.15, 0.2) is 0 Å². The summed E-state index contributed by atoms with van der Waals surface area (Å²) >= 11 is 0. The van der Waals surface area contributed by atoms with E-state index in [1.54, 1.807) is 13.8 Å². The van der Waals surface area contributed by atoms with Crippen LogP contribution in [0, 0.1) is 5.92 Å². The highest BCUT2D eigenvalue weighted by Gasteiger charge is 2.29. The fourth-order valence-electron chi connectivity index (χ4n) is 0.938. The molecular formula is C7H12O4. The highest BCUT2D eigenvalue weighted by Crippen LogP contribution is 2.22. The van der Waals surface area contributed by atoms with Crippen LogP contribution in [0.1, 0.15) is 20.3 Å². The molecule has 0 radical (unpaired) electrons. The Bertz CT molecular complexity index is 151. The third-order valence-electron chi connectivity index (χ3n) is 1.65. The largest absolute Gasteiger partial charge is 0.481 e. The molecule has 0 aromatic carbocycles. The van der Waals surface area contributed by atoms with Crippen LogP contribution >= 0.6 is 0 Å². The summed E-state index contributed by atoms with van der Waals surface area (Å²) in [6.07, 6.45) is -0.0447. The van der Waals surface area contributed by atoms with Gasteiger partial charge in [-0.2, -0.15) is 0 Å². The van der Waals surface area contributed by atoms with Crippen molar-refractivity contribution >= 4 is 5.97 Å². The molecule has 0 aromatic rings. The molecule has 4 heteroatoms. The Morgan fingerprint density at radius 1 is 1.64 bits per heavy atom. The van der Waals surface area contributed by atoms with E-state index in [4.69, 9.17) is 14.6 Å². The first-order chi connectivity index (χ1) is 5.09. The fraction of sp³-hybridized carbons (Fsp3) is 0.857. The predicted molar refractivity (Wildman–Crippen MR) is 36.8 cm³/mol. The van der Waals surface area contributed by atoms with E-state index in [1.165, 1.54) is 0 Å². The minimum absolute atomic E-state index is 0.166. The molecule has 1 atom stereocenters. The number of carboxylic acids is 1. The first-order valence-electron chi connectivity index (χ1n) is 3.63. The molecule has 0 aromatic heterocycles. The number of rotatable bonds is 3. The molecule has 1 unspecified atom stereocenters. The van der Waals surface area contributed by atoms with Crippen LogP contribution in [0.5, 0.6) is 0 Å². The zero-order chi connectivity index (χ0) is 8.43. The van der Waals surface area contributed by atoms with Crippen molar-refractivity contribution in [2.75, 3.05) is 0 Å². The molecule has 1 aliphatic heterocycles. The summed E-state index contributed by atoms with van der Waals surface area (Å²) in [5.41, 5.74) is 0. The Morgan fingerprint density at radius 2 is 2.18 bits per heavy atom. The van der Waals surface area contributed by atoms with Crippen LogP contribution in [0.25, 0.3) is 0 Å². The molecule has 0 aliphatic carbocycles. The van der Waals surface area contributed by atoms with Crippen LogP contribution in [-0.4, -0.2) is 23.7 Å². The summed E-state index contributed by atoms with van der Waals surface area (Å²) in [6.45, 7) is 3.42. The summed E-state index contributed by atoms with van der Waals surface area (Å²) in [5.74, 6) is -1.20. The van der Waals surface area contributed by atoms with Gasteiger partial charge in [0.2, 0.25) is 0 Å². The fourth-order valence-corrected chi connectivity index (χ4v) is 0.938. The van der Waals surface area contributed by atoms with Crippen molar-refractivity contribution in [1.82, 2.24) is 0 Å². The van der Waals surface area contributed by atoms with Crippen molar-refractivity contribution in [2.24, 2.45) is 5.92 Å². The molecule has 64 valence electrons. The van der Waals surface area contributed by atoms with E-state index in [-0.39, 0.29) is 12.6 Å². The lowest BCUT2D eigenvalue weighted by Gasteiger charge is -2.34. The van der Waals surface area contributed by atoms with Crippen LogP contribution in [0.3, 0.4) is 0 Å². The Morgan fingerprint density at radius 3 is 2.55 bits per heavy atom. The standard InChI is InChI=1S/C7H12O4/c1-4(7(8)9)3-6-10-5(2)11-6/h4-6H,3H2,1-2H3,(H,8,9). The first kappa shape index (κ1) is 8.49. The zero-order valence-corrected chi connectivity index (χ0v) is 6.61. The second-order valence-electron chi connectivity index (χ2n) is 2.74. The van der Waals surface area contributed by atoms with Gasteiger partial charge in [0.05, 0.1) is 5.92 Å². The number of carbonyl (C=O) groups is 1. The molecule has 4 nitrogen and oxygen atoms in total. The average Bonchev–Trinajstić information content (AvgIpc) is 1.84. The number of carboxylic acid groups (broad SMARTS) is 1. The molecule has 1 fully saturated rings. The van der Waals surface area contributed by atoms with Gasteiger partial charge in [-0.1, -0.05) is 6.92 Å². The lowest BCUT2D eigenvalue weighted by molar-refractivity contribution is -0.379. The Kier molecular flexibility index (Phi) is 2.46. The van der Waals surface area contributed by atoms with Crippen molar-refractivity contribution in [2.45, 2.75) is 32.8 Å². The van der Waals surface area contributed by atoms with Crippen molar-refractivity contribution < 1.29 is 19.4 Å². The van der Waals surface area contributed by atoms with Gasteiger partial charge in [0, 0.05) is 6.42 Å². The molecular weight excluding hydrogens is 148 g/mol. The van der Waals surface area contributed by atoms with Gasteiger partial charge in [-0.05, 0) is 6.92 Å². The second-order valence-corrected chi connectivity index (χ2v) is 2.74. The maximum Gasteiger partial charge on any atom is 0.306 e. The average molecular weight is 160 g/mol.